The van der Waals surface area contributed by atoms with Gasteiger partial charge in [-0.15, -0.1) is 0 Å². The molecule has 0 heterocycles. The van der Waals surface area contributed by atoms with Crippen LogP contribution in [0.5, 0.6) is 11.5 Å². The van der Waals surface area contributed by atoms with Crippen LogP contribution in [0.25, 0.3) is 0 Å². The molecule has 0 amide bonds. The predicted octanol–water partition coefficient (Wildman–Crippen LogP) is 2.44. The number of methoxy groups -OCH3 is 1. The number of hydrogen-bond acceptors (Lipinski definition) is 5. The van der Waals surface area contributed by atoms with Crippen molar-refractivity contribution in [2.24, 2.45) is 0 Å². The molecule has 1 rings (SSSR count). The van der Waals surface area contributed by atoms with E-state index in [0.717, 1.165) is 12.0 Å². The SMILES string of the molecule is C=C(CC)COc1cc([N+](=O)[O-])c(CO)cc1OC. The Kier molecular flexibility index (Phi) is 5.32. The molecule has 0 bridgehead atoms. The summed E-state index contributed by atoms with van der Waals surface area (Å²) in [5.74, 6) is 0.611. The lowest BCUT2D eigenvalue weighted by molar-refractivity contribution is -0.385. The van der Waals surface area contributed by atoms with Crippen molar-refractivity contribution < 1.29 is 19.5 Å². The predicted molar refractivity (Wildman–Crippen MR) is 70.5 cm³/mol. The second-order valence-corrected chi connectivity index (χ2v) is 3.94. The summed E-state index contributed by atoms with van der Waals surface area (Å²) in [4.78, 5) is 10.3. The van der Waals surface area contributed by atoms with E-state index in [4.69, 9.17) is 14.6 Å². The molecule has 0 spiro atoms. The molecule has 6 nitrogen and oxygen atoms in total. The Morgan fingerprint density at radius 3 is 2.63 bits per heavy atom. The fraction of sp³-hybridized carbons (Fsp3) is 0.385. The fourth-order valence-electron chi connectivity index (χ4n) is 1.44. The molecule has 1 aromatic rings. The average molecular weight is 267 g/mol. The topological polar surface area (TPSA) is 81.8 Å². The van der Waals surface area contributed by atoms with Gasteiger partial charge in [-0.1, -0.05) is 13.5 Å². The maximum atomic E-state index is 10.9. The molecule has 0 radical (unpaired) electrons. The standard InChI is InChI=1S/C13H17NO5/c1-4-9(2)8-19-13-6-11(14(16)17)10(7-15)5-12(13)18-3/h5-6,15H,2,4,7-8H2,1,3H3. The van der Waals surface area contributed by atoms with E-state index in [2.05, 4.69) is 6.58 Å². The second kappa shape index (κ2) is 6.75. The van der Waals surface area contributed by atoms with Crippen LogP contribution in [0.1, 0.15) is 18.9 Å². The summed E-state index contributed by atoms with van der Waals surface area (Å²) in [6, 6.07) is 2.66. The number of nitrogens with zero attached hydrogens (tertiary/aromatic N) is 1. The Bertz CT molecular complexity index is 484. The van der Waals surface area contributed by atoms with Gasteiger partial charge in [-0.05, 0) is 18.1 Å². The zero-order valence-corrected chi connectivity index (χ0v) is 11.0. The number of benzene rings is 1. The Hall–Kier alpha value is -2.08. The summed E-state index contributed by atoms with van der Waals surface area (Å²) in [5.41, 5.74) is 0.861. The van der Waals surface area contributed by atoms with Gasteiger partial charge in [0.15, 0.2) is 11.5 Å². The van der Waals surface area contributed by atoms with Gasteiger partial charge in [0, 0.05) is 0 Å². The first-order chi connectivity index (χ1) is 9.03. The molecule has 104 valence electrons. The second-order valence-electron chi connectivity index (χ2n) is 3.94. The van der Waals surface area contributed by atoms with Gasteiger partial charge >= 0.3 is 0 Å². The smallest absolute Gasteiger partial charge is 0.278 e. The van der Waals surface area contributed by atoms with Crippen LogP contribution in [-0.2, 0) is 6.61 Å². The summed E-state index contributed by atoms with van der Waals surface area (Å²) >= 11 is 0. The zero-order valence-electron chi connectivity index (χ0n) is 11.0. The lowest BCUT2D eigenvalue weighted by atomic mass is 10.1. The van der Waals surface area contributed by atoms with Crippen molar-refractivity contribution in [3.8, 4) is 11.5 Å². The number of aliphatic hydroxyl groups excluding tert-OH is 1. The van der Waals surface area contributed by atoms with Crippen molar-refractivity contribution in [3.63, 3.8) is 0 Å². The van der Waals surface area contributed by atoms with Crippen molar-refractivity contribution in [1.82, 2.24) is 0 Å². The van der Waals surface area contributed by atoms with Crippen LogP contribution in [0.3, 0.4) is 0 Å². The normalized spacial score (nSPS) is 10.1. The van der Waals surface area contributed by atoms with Gasteiger partial charge in [-0.2, -0.15) is 0 Å². The van der Waals surface area contributed by atoms with E-state index in [1.165, 1.54) is 19.2 Å². The first-order valence-corrected chi connectivity index (χ1v) is 5.79. The van der Waals surface area contributed by atoms with E-state index < -0.39 is 11.5 Å². The van der Waals surface area contributed by atoms with Crippen LogP contribution in [0.15, 0.2) is 24.3 Å². The Morgan fingerprint density at radius 2 is 2.16 bits per heavy atom. The van der Waals surface area contributed by atoms with Crippen molar-refractivity contribution in [2.45, 2.75) is 20.0 Å². The fourth-order valence-corrected chi connectivity index (χ4v) is 1.44. The lowest BCUT2D eigenvalue weighted by Crippen LogP contribution is -2.04. The molecule has 1 N–H and O–H groups in total. The van der Waals surface area contributed by atoms with Crippen LogP contribution in [0.2, 0.25) is 0 Å². The molecule has 0 unspecified atom stereocenters. The minimum Gasteiger partial charge on any atom is -0.493 e. The van der Waals surface area contributed by atoms with E-state index >= 15 is 0 Å². The molecular weight excluding hydrogens is 250 g/mol. The van der Waals surface area contributed by atoms with Gasteiger partial charge in [0.25, 0.3) is 5.69 Å². The van der Waals surface area contributed by atoms with Crippen LogP contribution in [0.4, 0.5) is 5.69 Å². The highest BCUT2D eigenvalue weighted by Gasteiger charge is 2.19. The number of aliphatic hydroxyl groups is 1. The van der Waals surface area contributed by atoms with Gasteiger partial charge in [0.2, 0.25) is 0 Å². The average Bonchev–Trinajstić information content (AvgIpc) is 2.43. The van der Waals surface area contributed by atoms with E-state index in [1.54, 1.807) is 0 Å². The minimum absolute atomic E-state index is 0.184. The first-order valence-electron chi connectivity index (χ1n) is 5.79. The van der Waals surface area contributed by atoms with Crippen LogP contribution >= 0.6 is 0 Å². The van der Waals surface area contributed by atoms with Gasteiger partial charge in [-0.3, -0.25) is 10.1 Å². The number of ether oxygens (including phenoxy) is 2. The molecule has 1 aromatic carbocycles. The van der Waals surface area contributed by atoms with Crippen molar-refractivity contribution >= 4 is 5.69 Å². The minimum atomic E-state index is -0.563. The van der Waals surface area contributed by atoms with E-state index in [-0.39, 0.29) is 23.6 Å². The molecule has 0 fully saturated rings. The summed E-state index contributed by atoms with van der Waals surface area (Å²) in [6.07, 6.45) is 0.763. The van der Waals surface area contributed by atoms with E-state index in [1.807, 2.05) is 6.92 Å². The molecule has 0 saturated carbocycles. The third-order valence-electron chi connectivity index (χ3n) is 2.66. The van der Waals surface area contributed by atoms with E-state index in [0.29, 0.717) is 5.75 Å². The lowest BCUT2D eigenvalue weighted by Gasteiger charge is -2.12. The van der Waals surface area contributed by atoms with Crippen LogP contribution in [0, 0.1) is 10.1 Å². The molecule has 0 aliphatic heterocycles. The Morgan fingerprint density at radius 1 is 1.47 bits per heavy atom. The van der Waals surface area contributed by atoms with Gasteiger partial charge in [0.1, 0.15) is 6.61 Å². The van der Waals surface area contributed by atoms with Crippen LogP contribution in [-0.4, -0.2) is 23.7 Å². The van der Waals surface area contributed by atoms with Crippen molar-refractivity contribution in [1.29, 1.82) is 0 Å². The summed E-state index contributed by atoms with van der Waals surface area (Å²) in [7, 11) is 1.43. The molecular formula is C13H17NO5. The maximum Gasteiger partial charge on any atom is 0.278 e. The number of rotatable bonds is 7. The highest BCUT2D eigenvalue weighted by Crippen LogP contribution is 2.35. The van der Waals surface area contributed by atoms with E-state index in [9.17, 15) is 10.1 Å². The highest BCUT2D eigenvalue weighted by molar-refractivity contribution is 5.54. The highest BCUT2D eigenvalue weighted by atomic mass is 16.6. The molecule has 0 atom stereocenters. The monoisotopic (exact) mass is 267 g/mol. The first kappa shape index (κ1) is 15.0. The van der Waals surface area contributed by atoms with Crippen molar-refractivity contribution in [2.75, 3.05) is 13.7 Å². The summed E-state index contributed by atoms with van der Waals surface area (Å²) in [6.45, 7) is 5.57. The number of nitro groups is 1. The van der Waals surface area contributed by atoms with Gasteiger partial charge < -0.3 is 14.6 Å². The summed E-state index contributed by atoms with van der Waals surface area (Å²) in [5, 5.41) is 20.0. The number of nitro benzene ring substituents is 1. The van der Waals surface area contributed by atoms with Gasteiger partial charge in [-0.25, -0.2) is 0 Å². The zero-order chi connectivity index (χ0) is 14.4. The molecule has 0 saturated heterocycles. The van der Waals surface area contributed by atoms with Crippen LogP contribution < -0.4 is 9.47 Å². The van der Waals surface area contributed by atoms with Gasteiger partial charge in [0.05, 0.1) is 30.3 Å². The third-order valence-corrected chi connectivity index (χ3v) is 2.66. The quantitative estimate of drug-likeness (QED) is 0.466. The number of hydrogen-bond donors (Lipinski definition) is 1. The molecule has 0 aliphatic carbocycles. The Labute approximate surface area is 111 Å². The molecule has 6 heteroatoms. The third kappa shape index (κ3) is 3.69. The largest absolute Gasteiger partial charge is 0.493 e. The molecule has 0 aliphatic rings. The van der Waals surface area contributed by atoms with Crippen molar-refractivity contribution in [3.05, 3.63) is 40.0 Å². The molecule has 19 heavy (non-hydrogen) atoms. The maximum absolute atomic E-state index is 10.9. The molecule has 0 aromatic heterocycles. The summed E-state index contributed by atoms with van der Waals surface area (Å²) < 4.78 is 10.6. The Balaban J connectivity index is 3.11.